The Morgan fingerprint density at radius 2 is 1.91 bits per heavy atom. The monoisotopic (exact) mass is 305 g/mol. The van der Waals surface area contributed by atoms with Gasteiger partial charge < -0.3 is 14.5 Å². The minimum absolute atomic E-state index is 0.00337. The van der Waals surface area contributed by atoms with Gasteiger partial charge in [0.05, 0.1) is 0 Å². The summed E-state index contributed by atoms with van der Waals surface area (Å²) >= 11 is 0. The zero-order chi connectivity index (χ0) is 16.1. The maximum Gasteiger partial charge on any atom is 0.260 e. The van der Waals surface area contributed by atoms with Gasteiger partial charge in [-0.2, -0.15) is 0 Å². The normalized spacial score (nSPS) is 18.9. The Balaban J connectivity index is 1.91. The molecule has 0 bridgehead atoms. The molecule has 0 unspecified atom stereocenters. The van der Waals surface area contributed by atoms with Crippen LogP contribution in [0.4, 0.5) is 0 Å². The van der Waals surface area contributed by atoms with Gasteiger partial charge in [0.1, 0.15) is 11.8 Å². The molecule has 0 spiro atoms. The topological polar surface area (TPSA) is 53.1 Å². The maximum absolute atomic E-state index is 12.3. The van der Waals surface area contributed by atoms with Crippen molar-refractivity contribution in [3.8, 4) is 5.75 Å². The molecular formula is C16H23N3O3. The van der Waals surface area contributed by atoms with E-state index in [1.165, 1.54) is 0 Å². The summed E-state index contributed by atoms with van der Waals surface area (Å²) in [4.78, 5) is 29.7. The fourth-order valence-electron chi connectivity index (χ4n) is 2.42. The Kier molecular flexibility index (Phi) is 5.38. The van der Waals surface area contributed by atoms with Crippen molar-refractivity contribution in [2.24, 2.45) is 0 Å². The SMILES string of the molecule is CN(C)C(=O)[C@H]1CN(C(=O)COc2ccccc2)CCN1C. The second-order valence-electron chi connectivity index (χ2n) is 5.67. The molecule has 6 heteroatoms. The lowest BCUT2D eigenvalue weighted by Crippen LogP contribution is -2.59. The summed E-state index contributed by atoms with van der Waals surface area (Å²) in [5, 5.41) is 0. The minimum Gasteiger partial charge on any atom is -0.484 e. The zero-order valence-electron chi connectivity index (χ0n) is 13.4. The Morgan fingerprint density at radius 1 is 1.23 bits per heavy atom. The molecule has 1 atom stereocenters. The standard InChI is InChI=1S/C16H23N3O3/c1-17(2)16(21)14-11-19(10-9-18(14)3)15(20)12-22-13-7-5-4-6-8-13/h4-8,14H,9-12H2,1-3H3/t14-/m1/s1. The van der Waals surface area contributed by atoms with Crippen molar-refractivity contribution in [3.63, 3.8) is 0 Å². The summed E-state index contributed by atoms with van der Waals surface area (Å²) in [7, 11) is 5.37. The highest BCUT2D eigenvalue weighted by atomic mass is 16.5. The van der Waals surface area contributed by atoms with Crippen molar-refractivity contribution in [1.29, 1.82) is 0 Å². The van der Waals surface area contributed by atoms with E-state index in [0.29, 0.717) is 25.4 Å². The average molecular weight is 305 g/mol. The van der Waals surface area contributed by atoms with E-state index in [9.17, 15) is 9.59 Å². The van der Waals surface area contributed by atoms with Gasteiger partial charge in [0.15, 0.2) is 6.61 Å². The van der Waals surface area contributed by atoms with Gasteiger partial charge in [0.25, 0.3) is 5.91 Å². The smallest absolute Gasteiger partial charge is 0.260 e. The number of carbonyl (C=O) groups excluding carboxylic acids is 2. The van der Waals surface area contributed by atoms with E-state index in [0.717, 1.165) is 0 Å². The van der Waals surface area contributed by atoms with Gasteiger partial charge in [0, 0.05) is 33.7 Å². The van der Waals surface area contributed by atoms with Crippen LogP contribution in [0.2, 0.25) is 0 Å². The Hall–Kier alpha value is -2.08. The Morgan fingerprint density at radius 3 is 2.55 bits per heavy atom. The predicted octanol–water partition coefficient (Wildman–Crippen LogP) is 0.296. The highest BCUT2D eigenvalue weighted by Crippen LogP contribution is 2.12. The molecule has 2 rings (SSSR count). The number of carbonyl (C=O) groups is 2. The number of amides is 2. The van der Waals surface area contributed by atoms with E-state index in [2.05, 4.69) is 0 Å². The van der Waals surface area contributed by atoms with Crippen LogP contribution in [0.3, 0.4) is 0 Å². The fraction of sp³-hybridized carbons (Fsp3) is 0.500. The third kappa shape index (κ3) is 3.98. The summed E-state index contributed by atoms with van der Waals surface area (Å²) in [6.45, 7) is 1.70. The summed E-state index contributed by atoms with van der Waals surface area (Å²) in [5.74, 6) is 0.600. The van der Waals surface area contributed by atoms with Crippen LogP contribution >= 0.6 is 0 Å². The maximum atomic E-state index is 12.3. The molecule has 0 saturated carbocycles. The quantitative estimate of drug-likeness (QED) is 0.803. The van der Waals surface area contributed by atoms with Crippen molar-refractivity contribution in [2.45, 2.75) is 6.04 Å². The average Bonchev–Trinajstić information content (AvgIpc) is 2.53. The molecule has 2 amide bonds. The molecule has 0 aliphatic carbocycles. The largest absolute Gasteiger partial charge is 0.484 e. The van der Waals surface area contributed by atoms with Gasteiger partial charge >= 0.3 is 0 Å². The molecule has 1 fully saturated rings. The van der Waals surface area contributed by atoms with Crippen molar-refractivity contribution in [3.05, 3.63) is 30.3 Å². The molecule has 22 heavy (non-hydrogen) atoms. The molecule has 1 aromatic rings. The summed E-state index contributed by atoms with van der Waals surface area (Å²) in [5.41, 5.74) is 0. The van der Waals surface area contributed by atoms with Crippen LogP contribution in [0.5, 0.6) is 5.75 Å². The highest BCUT2D eigenvalue weighted by Gasteiger charge is 2.33. The van der Waals surface area contributed by atoms with E-state index < -0.39 is 0 Å². The van der Waals surface area contributed by atoms with Crippen molar-refractivity contribution in [2.75, 3.05) is 47.4 Å². The lowest BCUT2D eigenvalue weighted by Gasteiger charge is -2.39. The number of ether oxygens (including phenoxy) is 1. The first-order valence-electron chi connectivity index (χ1n) is 7.36. The third-order valence-electron chi connectivity index (χ3n) is 3.83. The molecule has 1 aliphatic heterocycles. The first-order chi connectivity index (χ1) is 10.5. The molecule has 1 heterocycles. The number of likely N-dealkylation sites (N-methyl/N-ethyl adjacent to an activating group) is 2. The first kappa shape index (κ1) is 16.3. The number of piperazine rings is 1. The molecule has 1 saturated heterocycles. The molecular weight excluding hydrogens is 282 g/mol. The van der Waals surface area contributed by atoms with Crippen LogP contribution in [0.15, 0.2) is 30.3 Å². The number of nitrogens with zero attached hydrogens (tertiary/aromatic N) is 3. The number of para-hydroxylation sites is 1. The number of rotatable bonds is 4. The van der Waals surface area contributed by atoms with Gasteiger partial charge in [-0.05, 0) is 19.2 Å². The minimum atomic E-state index is -0.288. The van der Waals surface area contributed by atoms with Crippen molar-refractivity contribution >= 4 is 11.8 Å². The van der Waals surface area contributed by atoms with Crippen LogP contribution in [0, 0.1) is 0 Å². The van der Waals surface area contributed by atoms with E-state index in [1.807, 2.05) is 42.3 Å². The molecule has 120 valence electrons. The van der Waals surface area contributed by atoms with Gasteiger partial charge in [-0.15, -0.1) is 0 Å². The highest BCUT2D eigenvalue weighted by molar-refractivity contribution is 5.84. The third-order valence-corrected chi connectivity index (χ3v) is 3.83. The van der Waals surface area contributed by atoms with Gasteiger partial charge in [-0.1, -0.05) is 18.2 Å². The molecule has 0 N–H and O–H groups in total. The number of hydrogen-bond acceptors (Lipinski definition) is 4. The summed E-state index contributed by atoms with van der Waals surface area (Å²) in [6.07, 6.45) is 0. The van der Waals surface area contributed by atoms with Crippen LogP contribution < -0.4 is 4.74 Å². The number of hydrogen-bond donors (Lipinski definition) is 0. The van der Waals surface area contributed by atoms with Crippen molar-refractivity contribution in [1.82, 2.24) is 14.7 Å². The number of benzene rings is 1. The van der Waals surface area contributed by atoms with Crippen LogP contribution in [0.25, 0.3) is 0 Å². The van der Waals surface area contributed by atoms with Crippen LogP contribution in [0.1, 0.15) is 0 Å². The molecule has 0 radical (unpaired) electrons. The van der Waals surface area contributed by atoms with E-state index in [-0.39, 0.29) is 24.5 Å². The van der Waals surface area contributed by atoms with E-state index in [1.54, 1.807) is 23.9 Å². The fourth-order valence-corrected chi connectivity index (χ4v) is 2.42. The molecule has 1 aliphatic rings. The zero-order valence-corrected chi connectivity index (χ0v) is 13.4. The molecule has 0 aromatic heterocycles. The van der Waals surface area contributed by atoms with Gasteiger partial charge in [-0.3, -0.25) is 14.5 Å². The summed E-state index contributed by atoms with van der Waals surface area (Å²) < 4.78 is 5.49. The Labute approximate surface area is 131 Å². The summed E-state index contributed by atoms with van der Waals surface area (Å²) in [6, 6.07) is 8.96. The first-order valence-corrected chi connectivity index (χ1v) is 7.36. The van der Waals surface area contributed by atoms with Crippen molar-refractivity contribution < 1.29 is 14.3 Å². The second kappa shape index (κ2) is 7.26. The van der Waals surface area contributed by atoms with Crippen LogP contribution in [-0.2, 0) is 9.59 Å². The van der Waals surface area contributed by atoms with E-state index >= 15 is 0 Å². The predicted molar refractivity (Wildman–Crippen MR) is 83.6 cm³/mol. The van der Waals surface area contributed by atoms with Gasteiger partial charge in [-0.25, -0.2) is 0 Å². The lowest BCUT2D eigenvalue weighted by molar-refractivity contribution is -0.142. The second-order valence-corrected chi connectivity index (χ2v) is 5.67. The van der Waals surface area contributed by atoms with Gasteiger partial charge in [0.2, 0.25) is 5.91 Å². The van der Waals surface area contributed by atoms with Crippen LogP contribution in [-0.4, -0.2) is 79.9 Å². The molecule has 1 aromatic carbocycles. The molecule has 6 nitrogen and oxygen atoms in total. The van der Waals surface area contributed by atoms with E-state index in [4.69, 9.17) is 4.74 Å². The Bertz CT molecular complexity index is 519. The lowest BCUT2D eigenvalue weighted by atomic mass is 10.1.